The fourth-order valence-electron chi connectivity index (χ4n) is 3.41. The topological polar surface area (TPSA) is 38.5 Å². The zero-order valence-corrected chi connectivity index (χ0v) is 11.9. The first-order valence-corrected chi connectivity index (χ1v) is 7.33. The summed E-state index contributed by atoms with van der Waals surface area (Å²) in [6, 6.07) is 9.23. The number of rotatable bonds is 1. The van der Waals surface area contributed by atoms with Gasteiger partial charge in [-0.1, -0.05) is 18.2 Å². The number of piperidine rings is 1. The van der Waals surface area contributed by atoms with Gasteiger partial charge in [0, 0.05) is 30.6 Å². The molecule has 19 heavy (non-hydrogen) atoms. The lowest BCUT2D eigenvalue weighted by atomic mass is 9.87. The lowest BCUT2D eigenvalue weighted by molar-refractivity contribution is 0.0212. The van der Waals surface area contributed by atoms with Gasteiger partial charge < -0.3 is 10.5 Å². The maximum Gasteiger partial charge on any atom is 0.124 e. The van der Waals surface area contributed by atoms with Crippen molar-refractivity contribution in [2.45, 2.75) is 50.8 Å². The third-order valence-corrected chi connectivity index (χ3v) is 4.28. The van der Waals surface area contributed by atoms with Gasteiger partial charge in [0.1, 0.15) is 11.4 Å². The Morgan fingerprint density at radius 2 is 2.11 bits per heavy atom. The smallest absolute Gasteiger partial charge is 0.124 e. The number of para-hydroxylation sites is 1. The molecule has 0 aromatic heterocycles. The van der Waals surface area contributed by atoms with Gasteiger partial charge in [-0.3, -0.25) is 4.90 Å². The summed E-state index contributed by atoms with van der Waals surface area (Å²) in [6.45, 7) is 6.53. The highest BCUT2D eigenvalue weighted by Crippen LogP contribution is 2.42. The molecule has 1 aromatic carbocycles. The molecule has 2 N–H and O–H groups in total. The molecule has 3 heteroatoms. The number of nitrogens with two attached hydrogens (primary N) is 1. The van der Waals surface area contributed by atoms with E-state index < -0.39 is 0 Å². The van der Waals surface area contributed by atoms with E-state index in [4.69, 9.17) is 10.5 Å². The van der Waals surface area contributed by atoms with Crippen molar-refractivity contribution in [1.82, 2.24) is 4.90 Å². The van der Waals surface area contributed by atoms with Gasteiger partial charge in [-0.25, -0.2) is 0 Å². The number of ether oxygens (including phenoxy) is 1. The first-order valence-electron chi connectivity index (χ1n) is 7.33. The van der Waals surface area contributed by atoms with Crippen LogP contribution in [0.1, 0.15) is 44.7 Å². The van der Waals surface area contributed by atoms with Gasteiger partial charge in [0.05, 0.1) is 0 Å². The molecule has 2 aliphatic heterocycles. The first-order chi connectivity index (χ1) is 9.05. The van der Waals surface area contributed by atoms with Crippen LogP contribution in [0.15, 0.2) is 24.3 Å². The molecule has 2 aliphatic rings. The summed E-state index contributed by atoms with van der Waals surface area (Å²) in [4.78, 5) is 2.55. The molecule has 2 atom stereocenters. The summed E-state index contributed by atoms with van der Waals surface area (Å²) in [5, 5.41) is 0. The molecule has 2 heterocycles. The Labute approximate surface area is 115 Å². The maximum atomic E-state index is 6.15. The molecule has 1 fully saturated rings. The van der Waals surface area contributed by atoms with E-state index >= 15 is 0 Å². The minimum Gasteiger partial charge on any atom is -0.487 e. The highest BCUT2D eigenvalue weighted by atomic mass is 16.5. The number of benzene rings is 1. The van der Waals surface area contributed by atoms with Gasteiger partial charge in [0.15, 0.2) is 0 Å². The molecule has 0 amide bonds. The van der Waals surface area contributed by atoms with E-state index in [0.29, 0.717) is 12.1 Å². The second-order valence-corrected chi connectivity index (χ2v) is 6.52. The monoisotopic (exact) mass is 260 g/mol. The van der Waals surface area contributed by atoms with Crippen molar-refractivity contribution >= 4 is 0 Å². The van der Waals surface area contributed by atoms with Gasteiger partial charge in [-0.05, 0) is 39.3 Å². The minimum atomic E-state index is -0.0967. The number of hydrogen-bond donors (Lipinski definition) is 1. The lowest BCUT2D eigenvalue weighted by Gasteiger charge is -2.44. The summed E-state index contributed by atoms with van der Waals surface area (Å²) in [7, 11) is 0. The van der Waals surface area contributed by atoms with Crippen LogP contribution in [0.2, 0.25) is 0 Å². The van der Waals surface area contributed by atoms with Crippen LogP contribution < -0.4 is 10.5 Å². The Morgan fingerprint density at radius 1 is 1.32 bits per heavy atom. The van der Waals surface area contributed by atoms with Crippen LogP contribution in [0, 0.1) is 0 Å². The number of fused-ring (bicyclic) bond motifs is 1. The van der Waals surface area contributed by atoms with Crippen LogP contribution in [-0.2, 0) is 0 Å². The third kappa shape index (κ3) is 2.63. The molecule has 2 unspecified atom stereocenters. The van der Waals surface area contributed by atoms with E-state index in [1.54, 1.807) is 0 Å². The SMILES string of the molecule is CC1(C)CC(N2CCCC(N)C2)c2ccccc2O1. The molecule has 0 spiro atoms. The van der Waals surface area contributed by atoms with Crippen LogP contribution in [0.3, 0.4) is 0 Å². The summed E-state index contributed by atoms with van der Waals surface area (Å²) in [5.41, 5.74) is 7.38. The van der Waals surface area contributed by atoms with Gasteiger partial charge in [-0.15, -0.1) is 0 Å². The zero-order chi connectivity index (χ0) is 13.5. The second kappa shape index (κ2) is 4.80. The fraction of sp³-hybridized carbons (Fsp3) is 0.625. The summed E-state index contributed by atoms with van der Waals surface area (Å²) in [5.74, 6) is 1.04. The molecule has 1 aromatic rings. The lowest BCUT2D eigenvalue weighted by Crippen LogP contribution is -2.48. The fourth-order valence-corrected chi connectivity index (χ4v) is 3.41. The van der Waals surface area contributed by atoms with Crippen molar-refractivity contribution in [3.63, 3.8) is 0 Å². The first kappa shape index (κ1) is 12.9. The Morgan fingerprint density at radius 3 is 2.89 bits per heavy atom. The van der Waals surface area contributed by atoms with Gasteiger partial charge in [0.25, 0.3) is 0 Å². The average molecular weight is 260 g/mol. The highest BCUT2D eigenvalue weighted by Gasteiger charge is 2.37. The van der Waals surface area contributed by atoms with E-state index in [2.05, 4.69) is 43.0 Å². The zero-order valence-electron chi connectivity index (χ0n) is 11.9. The summed E-state index contributed by atoms with van der Waals surface area (Å²) in [6.07, 6.45) is 3.41. The van der Waals surface area contributed by atoms with E-state index in [-0.39, 0.29) is 5.60 Å². The van der Waals surface area contributed by atoms with Crippen molar-refractivity contribution in [3.8, 4) is 5.75 Å². The Bertz CT molecular complexity index is 458. The highest BCUT2D eigenvalue weighted by molar-refractivity contribution is 5.38. The maximum absolute atomic E-state index is 6.15. The second-order valence-electron chi connectivity index (χ2n) is 6.52. The third-order valence-electron chi connectivity index (χ3n) is 4.28. The molecule has 104 valence electrons. The van der Waals surface area contributed by atoms with Crippen molar-refractivity contribution in [2.24, 2.45) is 5.73 Å². The van der Waals surface area contributed by atoms with Gasteiger partial charge in [0.2, 0.25) is 0 Å². The molecule has 0 aliphatic carbocycles. The largest absolute Gasteiger partial charge is 0.487 e. The molecule has 1 saturated heterocycles. The van der Waals surface area contributed by atoms with Crippen molar-refractivity contribution in [2.75, 3.05) is 13.1 Å². The minimum absolute atomic E-state index is 0.0967. The van der Waals surface area contributed by atoms with Crippen LogP contribution in [0.4, 0.5) is 0 Å². The van der Waals surface area contributed by atoms with Crippen molar-refractivity contribution in [3.05, 3.63) is 29.8 Å². The summed E-state index contributed by atoms with van der Waals surface area (Å²) < 4.78 is 6.11. The molecular weight excluding hydrogens is 236 g/mol. The Hall–Kier alpha value is -1.06. The molecule has 0 bridgehead atoms. The molecule has 3 nitrogen and oxygen atoms in total. The Kier molecular flexibility index (Phi) is 3.27. The van der Waals surface area contributed by atoms with Crippen LogP contribution >= 0.6 is 0 Å². The normalized spacial score (nSPS) is 30.5. The molecule has 3 rings (SSSR count). The number of likely N-dealkylation sites (tertiary alicyclic amines) is 1. The standard InChI is InChI=1S/C16H24N2O/c1-16(2)10-14(18-9-5-6-12(17)11-18)13-7-3-4-8-15(13)19-16/h3-4,7-8,12,14H,5-6,9-11,17H2,1-2H3. The predicted octanol–water partition coefficient (Wildman–Crippen LogP) is 2.71. The van der Waals surface area contributed by atoms with Crippen LogP contribution in [-0.4, -0.2) is 29.6 Å². The van der Waals surface area contributed by atoms with Crippen molar-refractivity contribution in [1.29, 1.82) is 0 Å². The number of nitrogens with zero attached hydrogens (tertiary/aromatic N) is 1. The van der Waals surface area contributed by atoms with Gasteiger partial charge >= 0.3 is 0 Å². The molecule has 0 radical (unpaired) electrons. The quantitative estimate of drug-likeness (QED) is 0.843. The predicted molar refractivity (Wildman–Crippen MR) is 77.3 cm³/mol. The number of hydrogen-bond acceptors (Lipinski definition) is 3. The van der Waals surface area contributed by atoms with E-state index in [1.807, 2.05) is 0 Å². The van der Waals surface area contributed by atoms with Crippen molar-refractivity contribution < 1.29 is 4.74 Å². The van der Waals surface area contributed by atoms with E-state index in [0.717, 1.165) is 31.7 Å². The molecular formula is C16H24N2O. The Balaban J connectivity index is 1.91. The summed E-state index contributed by atoms with van der Waals surface area (Å²) >= 11 is 0. The van der Waals surface area contributed by atoms with Crippen LogP contribution in [0.25, 0.3) is 0 Å². The van der Waals surface area contributed by atoms with E-state index in [1.165, 1.54) is 12.0 Å². The molecule has 0 saturated carbocycles. The van der Waals surface area contributed by atoms with Gasteiger partial charge in [-0.2, -0.15) is 0 Å². The van der Waals surface area contributed by atoms with E-state index in [9.17, 15) is 0 Å². The van der Waals surface area contributed by atoms with Crippen LogP contribution in [0.5, 0.6) is 5.75 Å². The average Bonchev–Trinajstić information content (AvgIpc) is 2.36.